The van der Waals surface area contributed by atoms with Gasteiger partial charge in [-0.2, -0.15) is 5.26 Å². The number of rotatable bonds is 0. The van der Waals surface area contributed by atoms with Crippen molar-refractivity contribution >= 4 is 0 Å². The maximum atomic E-state index is 12.2. The van der Waals surface area contributed by atoms with Gasteiger partial charge in [-0.25, -0.2) is 0 Å². The summed E-state index contributed by atoms with van der Waals surface area (Å²) in [5.74, 6) is -0.302. The Morgan fingerprint density at radius 1 is 1.07 bits per heavy atom. The molecule has 0 aromatic heterocycles. The normalized spacial score (nSPS) is 54.4. The lowest BCUT2D eigenvalue weighted by Gasteiger charge is -2.63. The van der Waals surface area contributed by atoms with E-state index in [-0.39, 0.29) is 23.2 Å². The molecule has 5 nitrogen and oxygen atoms in total. The molecule has 2 N–H and O–H groups in total. The van der Waals surface area contributed by atoms with E-state index in [1.165, 1.54) is 5.57 Å². The van der Waals surface area contributed by atoms with E-state index in [2.05, 4.69) is 26.0 Å². The second kappa shape index (κ2) is 5.60. The van der Waals surface area contributed by atoms with Crippen LogP contribution < -0.4 is 0 Å². The van der Waals surface area contributed by atoms with Gasteiger partial charge in [-0.05, 0) is 49.9 Å². The van der Waals surface area contributed by atoms with Gasteiger partial charge in [0.1, 0.15) is 0 Å². The molecule has 0 bridgehead atoms. The van der Waals surface area contributed by atoms with Crippen LogP contribution in [0.5, 0.6) is 0 Å². The molecule has 7 atom stereocenters. The van der Waals surface area contributed by atoms with Crippen LogP contribution in [0.4, 0.5) is 0 Å². The van der Waals surface area contributed by atoms with Crippen LogP contribution >= 0.6 is 0 Å². The third-order valence-corrected chi connectivity index (χ3v) is 9.87. The van der Waals surface area contributed by atoms with Crippen LogP contribution in [0, 0.1) is 39.9 Å². The number of nitriles is 1. The first-order valence-electron chi connectivity index (χ1n) is 11.0. The van der Waals surface area contributed by atoms with Gasteiger partial charge in [0.25, 0.3) is 0 Å². The van der Waals surface area contributed by atoms with Gasteiger partial charge in [0.05, 0.1) is 24.9 Å². The predicted molar refractivity (Wildman–Crippen MR) is 103 cm³/mol. The number of hydrogen-bond acceptors (Lipinski definition) is 5. The van der Waals surface area contributed by atoms with Gasteiger partial charge in [0.15, 0.2) is 11.4 Å². The van der Waals surface area contributed by atoms with E-state index >= 15 is 0 Å². The topological polar surface area (TPSA) is 82.7 Å². The molecule has 154 valence electrons. The first-order chi connectivity index (χ1) is 13.1. The minimum Gasteiger partial charge on any atom is -0.389 e. The minimum atomic E-state index is -1.30. The Labute approximate surface area is 167 Å². The molecular weight excluding hydrogens is 354 g/mol. The monoisotopic (exact) mass is 387 g/mol. The zero-order valence-electron chi connectivity index (χ0n) is 17.3. The van der Waals surface area contributed by atoms with Crippen LogP contribution in [0.25, 0.3) is 0 Å². The molecule has 3 saturated carbocycles. The average Bonchev–Trinajstić information content (AvgIpc) is 3.20. The van der Waals surface area contributed by atoms with E-state index in [1.807, 2.05) is 6.92 Å². The van der Waals surface area contributed by atoms with Gasteiger partial charge in [-0.1, -0.05) is 32.4 Å². The summed E-state index contributed by atoms with van der Waals surface area (Å²) in [6.07, 6.45) is 7.70. The number of fused-ring (bicyclic) bond motifs is 5. The Bertz CT molecular complexity index is 767. The molecule has 2 unspecified atom stereocenters. The predicted octanol–water partition coefficient (Wildman–Crippen LogP) is 3.31. The summed E-state index contributed by atoms with van der Waals surface area (Å²) in [5, 5.41) is 33.2. The first-order valence-corrected chi connectivity index (χ1v) is 11.0. The van der Waals surface area contributed by atoms with Crippen LogP contribution in [0.2, 0.25) is 0 Å². The number of aliphatic hydroxyl groups is 2. The second-order valence-electron chi connectivity index (χ2n) is 10.7. The molecule has 0 radical (unpaired) electrons. The van der Waals surface area contributed by atoms with Gasteiger partial charge < -0.3 is 19.7 Å². The summed E-state index contributed by atoms with van der Waals surface area (Å²) in [4.78, 5) is 0. The van der Waals surface area contributed by atoms with Crippen molar-refractivity contribution < 1.29 is 19.7 Å². The van der Waals surface area contributed by atoms with E-state index < -0.39 is 22.4 Å². The molecule has 4 aliphatic carbocycles. The van der Waals surface area contributed by atoms with Crippen LogP contribution in [-0.4, -0.2) is 40.4 Å². The van der Waals surface area contributed by atoms with Crippen molar-refractivity contribution in [2.24, 2.45) is 28.6 Å². The molecule has 1 saturated heterocycles. The highest BCUT2D eigenvalue weighted by molar-refractivity contribution is 5.33. The highest BCUT2D eigenvalue weighted by atomic mass is 16.7. The van der Waals surface area contributed by atoms with Crippen LogP contribution in [0.1, 0.15) is 65.7 Å². The summed E-state index contributed by atoms with van der Waals surface area (Å²) in [5.41, 5.74) is -1.54. The largest absolute Gasteiger partial charge is 0.389 e. The number of nitrogens with zero attached hydrogens (tertiary/aromatic N) is 1. The fourth-order valence-electron chi connectivity index (χ4n) is 7.87. The SMILES string of the molecule is C[C@H]1CC2C3CC=C4CC5(CC[C@]4(C)[C@@]3(O)CC[C@]2(C)[C@@]1(O)C#N)OCCO5. The van der Waals surface area contributed by atoms with Gasteiger partial charge in [0.2, 0.25) is 0 Å². The zero-order chi connectivity index (χ0) is 20.0. The highest BCUT2D eigenvalue weighted by Gasteiger charge is 2.71. The van der Waals surface area contributed by atoms with E-state index in [1.54, 1.807) is 0 Å². The summed E-state index contributed by atoms with van der Waals surface area (Å²) in [6.45, 7) is 7.62. The van der Waals surface area contributed by atoms with E-state index in [9.17, 15) is 15.5 Å². The van der Waals surface area contributed by atoms with Crippen molar-refractivity contribution in [1.29, 1.82) is 5.26 Å². The Balaban J connectivity index is 1.53. The maximum Gasteiger partial charge on any atom is 0.172 e. The molecule has 1 spiro atoms. The number of hydrogen-bond donors (Lipinski definition) is 2. The molecule has 5 heteroatoms. The first kappa shape index (κ1) is 19.1. The van der Waals surface area contributed by atoms with Crippen molar-refractivity contribution in [1.82, 2.24) is 0 Å². The molecule has 5 rings (SSSR count). The quantitative estimate of drug-likeness (QED) is 0.492. The summed E-state index contributed by atoms with van der Waals surface area (Å²) >= 11 is 0. The second-order valence-corrected chi connectivity index (χ2v) is 10.7. The van der Waals surface area contributed by atoms with Gasteiger partial charge in [-0.15, -0.1) is 0 Å². The molecule has 0 aromatic rings. The summed E-state index contributed by atoms with van der Waals surface area (Å²) in [7, 11) is 0. The fourth-order valence-corrected chi connectivity index (χ4v) is 7.87. The molecular formula is C23H33NO4. The van der Waals surface area contributed by atoms with E-state index in [0.717, 1.165) is 32.1 Å². The smallest absolute Gasteiger partial charge is 0.172 e. The molecule has 1 heterocycles. The van der Waals surface area contributed by atoms with Crippen molar-refractivity contribution in [3.63, 3.8) is 0 Å². The Hall–Kier alpha value is -0.930. The zero-order valence-corrected chi connectivity index (χ0v) is 17.3. The lowest BCUT2D eigenvalue weighted by Crippen LogP contribution is -2.65. The van der Waals surface area contributed by atoms with Crippen molar-refractivity contribution in [3.05, 3.63) is 11.6 Å². The fraction of sp³-hybridized carbons (Fsp3) is 0.870. The van der Waals surface area contributed by atoms with E-state index in [4.69, 9.17) is 9.47 Å². The molecule has 5 aliphatic rings. The Morgan fingerprint density at radius 3 is 2.46 bits per heavy atom. The minimum absolute atomic E-state index is 0.0667. The lowest BCUT2D eigenvalue weighted by atomic mass is 9.44. The summed E-state index contributed by atoms with van der Waals surface area (Å²) < 4.78 is 11.9. The molecule has 28 heavy (non-hydrogen) atoms. The van der Waals surface area contributed by atoms with Crippen LogP contribution in [0.3, 0.4) is 0 Å². The van der Waals surface area contributed by atoms with Crippen molar-refractivity contribution in [3.8, 4) is 6.07 Å². The van der Waals surface area contributed by atoms with Crippen LogP contribution in [0.15, 0.2) is 11.6 Å². The van der Waals surface area contributed by atoms with Gasteiger partial charge >= 0.3 is 0 Å². The molecule has 1 aliphatic heterocycles. The van der Waals surface area contributed by atoms with E-state index in [0.29, 0.717) is 26.1 Å². The number of allylic oxidation sites excluding steroid dienone is 1. The van der Waals surface area contributed by atoms with Gasteiger partial charge in [-0.3, -0.25) is 0 Å². The third kappa shape index (κ3) is 2.01. The third-order valence-electron chi connectivity index (χ3n) is 9.87. The van der Waals surface area contributed by atoms with Gasteiger partial charge in [0, 0.05) is 23.7 Å². The maximum absolute atomic E-state index is 12.2. The number of ether oxygens (including phenoxy) is 2. The lowest BCUT2D eigenvalue weighted by molar-refractivity contribution is -0.227. The van der Waals surface area contributed by atoms with Crippen molar-refractivity contribution in [2.45, 2.75) is 82.7 Å². The molecule has 4 fully saturated rings. The Kier molecular flexibility index (Phi) is 3.81. The standard InChI is InChI=1S/C23H33NO4/c1-15-12-18-17-5-4-16-13-21(27-10-11-28-21)8-6-19(16,2)22(17,25)9-7-20(18,3)23(15,26)14-24/h4,15,17-18,25-26H,5-13H2,1-3H3/t15-,17?,18?,19-,20-,22+,23+/m0/s1. The highest BCUT2D eigenvalue weighted by Crippen LogP contribution is 2.70. The average molecular weight is 388 g/mol. The van der Waals surface area contributed by atoms with Crippen molar-refractivity contribution in [2.75, 3.05) is 13.2 Å². The molecule has 0 aromatic carbocycles. The van der Waals surface area contributed by atoms with Crippen LogP contribution in [-0.2, 0) is 9.47 Å². The molecule has 0 amide bonds. The Morgan fingerprint density at radius 2 is 1.79 bits per heavy atom. The summed E-state index contributed by atoms with van der Waals surface area (Å²) in [6, 6.07) is 2.26.